The first-order valence-electron chi connectivity index (χ1n) is 3.60. The molecule has 0 aromatic heterocycles. The maximum atomic E-state index is 12.4. The molecule has 106 valence electrons. The van der Waals surface area contributed by atoms with E-state index in [1.807, 2.05) is 0 Å². The lowest BCUT2D eigenvalue weighted by molar-refractivity contribution is -0.373. The summed E-state index contributed by atoms with van der Waals surface area (Å²) in [5, 5.41) is 15.5. The Balaban J connectivity index is 0. The van der Waals surface area contributed by atoms with Crippen molar-refractivity contribution >= 4 is 0 Å². The number of aliphatic hydroxyl groups excluding tert-OH is 2. The van der Waals surface area contributed by atoms with E-state index in [1.165, 1.54) is 0 Å². The third-order valence-electron chi connectivity index (χ3n) is 1.71. The molecule has 0 aliphatic rings. The van der Waals surface area contributed by atoms with Crippen molar-refractivity contribution in [3.63, 3.8) is 0 Å². The van der Waals surface area contributed by atoms with E-state index in [0.29, 0.717) is 0 Å². The Morgan fingerprint density at radius 2 is 0.765 bits per heavy atom. The van der Waals surface area contributed by atoms with Gasteiger partial charge in [0.25, 0.3) is 0 Å². The molecule has 0 rings (SSSR count). The van der Waals surface area contributed by atoms with Gasteiger partial charge in [-0.3, -0.25) is 0 Å². The lowest BCUT2D eigenvalue weighted by atomic mass is 9.99. The second-order valence-corrected chi connectivity index (χ2v) is 2.87. The monoisotopic (exact) mass is 278 g/mol. The first kappa shape index (κ1) is 18.7. The van der Waals surface area contributed by atoms with Crippen LogP contribution in [-0.4, -0.2) is 47.1 Å². The summed E-state index contributed by atoms with van der Waals surface area (Å²) in [5.41, 5.74) is 0. The highest BCUT2D eigenvalue weighted by Crippen LogP contribution is 2.52. The average molecular weight is 278 g/mol. The van der Waals surface area contributed by atoms with Crippen molar-refractivity contribution in [2.24, 2.45) is 0 Å². The second-order valence-electron chi connectivity index (χ2n) is 2.87. The van der Waals surface area contributed by atoms with E-state index in [4.69, 9.17) is 10.2 Å². The van der Waals surface area contributed by atoms with Crippen LogP contribution in [0.4, 0.5) is 35.1 Å². The largest absolute Gasteiger partial charge is 0.390 e. The molecule has 2 nitrogen and oxygen atoms in total. The Morgan fingerprint density at radius 1 is 0.588 bits per heavy atom. The number of halogens is 8. The molecule has 0 aromatic rings. The van der Waals surface area contributed by atoms with Crippen molar-refractivity contribution in [1.82, 2.24) is 0 Å². The second kappa shape index (κ2) is 4.92. The fourth-order valence-electron chi connectivity index (χ4n) is 0.658. The molecule has 0 unspecified atom stereocenters. The van der Waals surface area contributed by atoms with Gasteiger partial charge < -0.3 is 10.2 Å². The van der Waals surface area contributed by atoms with E-state index in [9.17, 15) is 35.1 Å². The number of rotatable bonds is 5. The minimum Gasteiger partial charge on any atom is -0.390 e. The van der Waals surface area contributed by atoms with Gasteiger partial charge in [-0.2, -0.15) is 35.1 Å². The average Bonchev–Trinajstić information content (AvgIpc) is 2.16. The van der Waals surface area contributed by atoms with Gasteiger partial charge >= 0.3 is 23.7 Å². The third-order valence-corrected chi connectivity index (χ3v) is 1.71. The highest BCUT2D eigenvalue weighted by molar-refractivity contribution is 5.03. The van der Waals surface area contributed by atoms with Crippen LogP contribution in [0, 0.1) is 0 Å². The van der Waals surface area contributed by atoms with Gasteiger partial charge in [-0.1, -0.05) is 7.43 Å². The van der Waals surface area contributed by atoms with E-state index >= 15 is 0 Å². The Kier molecular flexibility index (Phi) is 5.42. The zero-order valence-electron chi connectivity index (χ0n) is 7.33. The molecule has 0 aliphatic carbocycles. The summed E-state index contributed by atoms with van der Waals surface area (Å²) >= 11 is 0. The molecule has 0 amide bonds. The van der Waals surface area contributed by atoms with Gasteiger partial charge in [-0.15, -0.1) is 0 Å². The Hall–Kier alpha value is -0.640. The number of alkyl halides is 8. The molecular formula is C7H10F8O2. The van der Waals surface area contributed by atoms with Crippen LogP contribution < -0.4 is 0 Å². The molecule has 0 spiro atoms. The summed E-state index contributed by atoms with van der Waals surface area (Å²) in [7, 11) is 0. The molecule has 0 atom stereocenters. The lowest BCUT2D eigenvalue weighted by Crippen LogP contribution is -2.64. The Bertz CT molecular complexity index is 226. The molecule has 0 aliphatic heterocycles. The number of hydrogen-bond acceptors (Lipinski definition) is 2. The summed E-state index contributed by atoms with van der Waals surface area (Å²) < 4.78 is 98.4. The van der Waals surface area contributed by atoms with Crippen molar-refractivity contribution < 1.29 is 45.3 Å². The minimum absolute atomic E-state index is 0. The standard InChI is InChI=1S/C6H6F8O2.CH4/c7-3(8,1-15)5(11,12)6(13,14)4(9,10)2-16;/h15-16H,1-2H2;1H4. The summed E-state index contributed by atoms with van der Waals surface area (Å²) in [5.74, 6) is -24.5. The summed E-state index contributed by atoms with van der Waals surface area (Å²) in [6.45, 7) is -5.48. The zero-order valence-corrected chi connectivity index (χ0v) is 7.33. The fourth-order valence-corrected chi connectivity index (χ4v) is 0.658. The first-order valence-corrected chi connectivity index (χ1v) is 3.60. The summed E-state index contributed by atoms with van der Waals surface area (Å²) in [4.78, 5) is 0. The van der Waals surface area contributed by atoms with Gasteiger partial charge in [0.05, 0.1) is 0 Å². The first-order chi connectivity index (χ1) is 6.87. The Labute approximate surface area is 90.8 Å². The van der Waals surface area contributed by atoms with Crippen LogP contribution in [0.2, 0.25) is 0 Å². The van der Waals surface area contributed by atoms with Crippen molar-refractivity contribution in [1.29, 1.82) is 0 Å². The van der Waals surface area contributed by atoms with E-state index in [2.05, 4.69) is 0 Å². The van der Waals surface area contributed by atoms with Crippen LogP contribution >= 0.6 is 0 Å². The zero-order chi connectivity index (χ0) is 13.4. The molecule has 0 bridgehead atoms. The molecule has 2 N–H and O–H groups in total. The van der Waals surface area contributed by atoms with Crippen LogP contribution in [-0.2, 0) is 0 Å². The highest BCUT2D eigenvalue weighted by atomic mass is 19.4. The molecule has 0 aromatic carbocycles. The third kappa shape index (κ3) is 2.62. The van der Waals surface area contributed by atoms with Crippen molar-refractivity contribution in [3.05, 3.63) is 0 Å². The van der Waals surface area contributed by atoms with Crippen LogP contribution in [0.1, 0.15) is 7.43 Å². The van der Waals surface area contributed by atoms with E-state index in [0.717, 1.165) is 0 Å². The van der Waals surface area contributed by atoms with Crippen LogP contribution in [0.15, 0.2) is 0 Å². The van der Waals surface area contributed by atoms with Crippen molar-refractivity contribution in [2.75, 3.05) is 13.2 Å². The van der Waals surface area contributed by atoms with Crippen LogP contribution in [0.5, 0.6) is 0 Å². The summed E-state index contributed by atoms with van der Waals surface area (Å²) in [6.07, 6.45) is 0. The van der Waals surface area contributed by atoms with Crippen LogP contribution in [0.25, 0.3) is 0 Å². The predicted octanol–water partition coefficient (Wildman–Crippen LogP) is 2.15. The fraction of sp³-hybridized carbons (Fsp3) is 1.00. The summed E-state index contributed by atoms with van der Waals surface area (Å²) in [6, 6.07) is 0. The van der Waals surface area contributed by atoms with E-state index in [-0.39, 0.29) is 7.43 Å². The highest BCUT2D eigenvalue weighted by Gasteiger charge is 2.80. The topological polar surface area (TPSA) is 40.5 Å². The van der Waals surface area contributed by atoms with Gasteiger partial charge in [0.2, 0.25) is 0 Å². The molecule has 0 heterocycles. The smallest absolute Gasteiger partial charge is 0.380 e. The molecule has 10 heteroatoms. The quantitative estimate of drug-likeness (QED) is 0.756. The maximum Gasteiger partial charge on any atom is 0.380 e. The molecule has 0 fully saturated rings. The normalized spacial score (nSPS) is 14.5. The Morgan fingerprint density at radius 3 is 0.882 bits per heavy atom. The maximum absolute atomic E-state index is 12.4. The minimum atomic E-state index is -6.50. The van der Waals surface area contributed by atoms with E-state index in [1.54, 1.807) is 0 Å². The van der Waals surface area contributed by atoms with E-state index < -0.39 is 36.9 Å². The molecule has 0 saturated heterocycles. The van der Waals surface area contributed by atoms with Gasteiger partial charge in [-0.05, 0) is 0 Å². The number of hydrogen-bond donors (Lipinski definition) is 2. The van der Waals surface area contributed by atoms with Gasteiger partial charge in [0.15, 0.2) is 0 Å². The molecule has 0 radical (unpaired) electrons. The van der Waals surface area contributed by atoms with Crippen molar-refractivity contribution in [2.45, 2.75) is 31.1 Å². The van der Waals surface area contributed by atoms with Gasteiger partial charge in [0.1, 0.15) is 13.2 Å². The number of aliphatic hydroxyl groups is 2. The van der Waals surface area contributed by atoms with Crippen LogP contribution in [0.3, 0.4) is 0 Å². The van der Waals surface area contributed by atoms with Gasteiger partial charge in [-0.25, -0.2) is 0 Å². The lowest BCUT2D eigenvalue weighted by Gasteiger charge is -2.35. The molecular weight excluding hydrogens is 268 g/mol. The van der Waals surface area contributed by atoms with Crippen molar-refractivity contribution in [3.8, 4) is 0 Å². The van der Waals surface area contributed by atoms with Gasteiger partial charge in [0, 0.05) is 0 Å². The molecule has 0 saturated carbocycles. The molecule has 17 heavy (non-hydrogen) atoms. The SMILES string of the molecule is C.OCC(F)(F)C(F)(F)C(F)(F)C(F)(F)CO. The predicted molar refractivity (Wildman–Crippen MR) is 40.7 cm³/mol.